The minimum atomic E-state index is -0.927. The molecule has 23 heavy (non-hydrogen) atoms. The molecule has 0 spiro atoms. The lowest BCUT2D eigenvalue weighted by atomic mass is 10.2. The largest absolute Gasteiger partial charge is 0.481 e. The number of carboxylic acid groups (broad SMARTS) is 1. The summed E-state index contributed by atoms with van der Waals surface area (Å²) in [6.07, 6.45) is 1.71. The number of nitrogen functional groups attached to an aromatic ring is 1. The number of hydrogen-bond donors (Lipinski definition) is 2. The molecule has 0 saturated carbocycles. The lowest BCUT2D eigenvalue weighted by Gasteiger charge is -2.13. The number of thioether (sulfide) groups is 1. The third-order valence-electron chi connectivity index (χ3n) is 2.79. The Kier molecular flexibility index (Phi) is 5.79. The minimum Gasteiger partial charge on any atom is -0.481 e. The Labute approximate surface area is 150 Å². The third-order valence-corrected chi connectivity index (χ3v) is 4.75. The number of amides is 1. The number of aliphatic carboxylic acids is 1. The van der Waals surface area contributed by atoms with E-state index < -0.39 is 5.97 Å². The van der Waals surface area contributed by atoms with Crippen molar-refractivity contribution in [2.45, 2.75) is 12.8 Å². The molecule has 2 heterocycles. The van der Waals surface area contributed by atoms with Gasteiger partial charge in [-0.1, -0.05) is 47.2 Å². The van der Waals surface area contributed by atoms with Crippen LogP contribution in [0.15, 0.2) is 4.91 Å². The Bertz CT molecular complexity index is 703. The average molecular weight is 393 g/mol. The van der Waals surface area contributed by atoms with E-state index in [1.54, 1.807) is 0 Å². The lowest BCUT2D eigenvalue weighted by Crippen LogP contribution is -2.29. The van der Waals surface area contributed by atoms with Gasteiger partial charge in [0.2, 0.25) is 5.95 Å². The van der Waals surface area contributed by atoms with Crippen molar-refractivity contribution >= 4 is 75.4 Å². The number of hydrogen-bond acceptors (Lipinski definition) is 7. The van der Waals surface area contributed by atoms with Gasteiger partial charge in [-0.3, -0.25) is 14.5 Å². The van der Waals surface area contributed by atoms with Crippen LogP contribution in [0.2, 0.25) is 10.3 Å². The van der Waals surface area contributed by atoms with Crippen LogP contribution in [0.5, 0.6) is 0 Å². The molecule has 1 fully saturated rings. The molecule has 0 aliphatic carbocycles. The van der Waals surface area contributed by atoms with Crippen LogP contribution < -0.4 is 5.73 Å². The Hall–Kier alpha value is -1.42. The highest BCUT2D eigenvalue weighted by Gasteiger charge is 2.32. The fraction of sp³-hybridized carbons (Fsp3) is 0.250. The number of carbonyl (C=O) groups is 2. The monoisotopic (exact) mass is 392 g/mol. The highest BCUT2D eigenvalue weighted by molar-refractivity contribution is 8.26. The molecule has 1 saturated heterocycles. The van der Waals surface area contributed by atoms with Gasteiger partial charge in [-0.2, -0.15) is 0 Å². The van der Waals surface area contributed by atoms with E-state index in [9.17, 15) is 9.59 Å². The second-order valence-electron chi connectivity index (χ2n) is 4.41. The summed E-state index contributed by atoms with van der Waals surface area (Å²) >= 11 is 18.1. The number of aromatic nitrogens is 2. The predicted octanol–water partition coefficient (Wildman–Crippen LogP) is 2.43. The molecule has 0 bridgehead atoms. The summed E-state index contributed by atoms with van der Waals surface area (Å²) < 4.78 is 0.343. The molecule has 3 N–H and O–H groups in total. The summed E-state index contributed by atoms with van der Waals surface area (Å²) in [5.74, 6) is -1.34. The Morgan fingerprint density at radius 2 is 2.00 bits per heavy atom. The Morgan fingerprint density at radius 1 is 1.39 bits per heavy atom. The van der Waals surface area contributed by atoms with Crippen LogP contribution in [0.3, 0.4) is 0 Å². The van der Waals surface area contributed by atoms with Crippen molar-refractivity contribution in [2.24, 2.45) is 0 Å². The fourth-order valence-corrected chi connectivity index (χ4v) is 3.56. The molecule has 1 aliphatic heterocycles. The molecular weight excluding hydrogens is 383 g/mol. The van der Waals surface area contributed by atoms with Gasteiger partial charge < -0.3 is 10.8 Å². The van der Waals surface area contributed by atoms with E-state index in [-0.39, 0.29) is 40.7 Å². The van der Waals surface area contributed by atoms with Crippen LogP contribution in [0.4, 0.5) is 5.95 Å². The number of halogens is 2. The maximum atomic E-state index is 12.3. The van der Waals surface area contributed by atoms with E-state index in [1.165, 1.54) is 11.0 Å². The van der Waals surface area contributed by atoms with Gasteiger partial charge >= 0.3 is 5.97 Å². The number of thiocarbonyl (C=S) groups is 1. The third kappa shape index (κ3) is 4.31. The van der Waals surface area contributed by atoms with Gasteiger partial charge in [0, 0.05) is 13.0 Å². The van der Waals surface area contributed by atoms with Crippen LogP contribution in [0.25, 0.3) is 6.08 Å². The van der Waals surface area contributed by atoms with Crippen LogP contribution in [-0.4, -0.2) is 42.7 Å². The number of carbonyl (C=O) groups excluding carboxylic acids is 1. The zero-order chi connectivity index (χ0) is 17.1. The first-order valence-electron chi connectivity index (χ1n) is 6.25. The first kappa shape index (κ1) is 17.9. The van der Waals surface area contributed by atoms with Crippen molar-refractivity contribution in [1.29, 1.82) is 0 Å². The number of rotatable bonds is 5. The van der Waals surface area contributed by atoms with E-state index in [0.717, 1.165) is 11.8 Å². The molecule has 1 amide bonds. The molecule has 122 valence electrons. The van der Waals surface area contributed by atoms with Gasteiger partial charge in [-0.15, -0.1) is 0 Å². The van der Waals surface area contributed by atoms with E-state index >= 15 is 0 Å². The number of nitrogens with zero attached hydrogens (tertiary/aromatic N) is 3. The normalized spacial score (nSPS) is 16.4. The van der Waals surface area contributed by atoms with Gasteiger partial charge in [0.1, 0.15) is 14.6 Å². The predicted molar refractivity (Wildman–Crippen MR) is 93.2 cm³/mol. The molecule has 1 aromatic heterocycles. The molecule has 2 rings (SSSR count). The van der Waals surface area contributed by atoms with Gasteiger partial charge in [0.25, 0.3) is 5.91 Å². The van der Waals surface area contributed by atoms with Crippen molar-refractivity contribution < 1.29 is 14.7 Å². The SMILES string of the molecule is Nc1nc(Cl)c(/C=C2\SC(=S)N(CCCC(=O)O)C2=O)c(Cl)n1. The van der Waals surface area contributed by atoms with E-state index in [4.69, 9.17) is 46.3 Å². The van der Waals surface area contributed by atoms with Crippen LogP contribution in [-0.2, 0) is 9.59 Å². The van der Waals surface area contributed by atoms with E-state index in [1.807, 2.05) is 0 Å². The Balaban J connectivity index is 2.20. The van der Waals surface area contributed by atoms with Crippen LogP contribution >= 0.6 is 47.2 Å². The number of carboxylic acids is 1. The molecule has 1 aliphatic rings. The molecule has 0 radical (unpaired) electrons. The van der Waals surface area contributed by atoms with Gasteiger partial charge in [0.15, 0.2) is 0 Å². The molecule has 0 atom stereocenters. The smallest absolute Gasteiger partial charge is 0.303 e. The zero-order valence-corrected chi connectivity index (χ0v) is 14.6. The second kappa shape index (κ2) is 7.43. The van der Waals surface area contributed by atoms with E-state index in [0.29, 0.717) is 15.6 Å². The summed E-state index contributed by atoms with van der Waals surface area (Å²) in [5, 5.41) is 8.70. The van der Waals surface area contributed by atoms with Crippen molar-refractivity contribution in [3.63, 3.8) is 0 Å². The summed E-state index contributed by atoms with van der Waals surface area (Å²) in [6, 6.07) is 0. The molecular formula is C12H10Cl2N4O3S2. The van der Waals surface area contributed by atoms with Crippen molar-refractivity contribution in [3.05, 3.63) is 20.8 Å². The average Bonchev–Trinajstić information content (AvgIpc) is 2.69. The van der Waals surface area contributed by atoms with E-state index in [2.05, 4.69) is 9.97 Å². The second-order valence-corrected chi connectivity index (χ2v) is 6.80. The molecule has 0 unspecified atom stereocenters. The van der Waals surface area contributed by atoms with Crippen molar-refractivity contribution in [2.75, 3.05) is 12.3 Å². The highest BCUT2D eigenvalue weighted by atomic mass is 35.5. The topological polar surface area (TPSA) is 109 Å². The van der Waals surface area contributed by atoms with Crippen LogP contribution in [0, 0.1) is 0 Å². The van der Waals surface area contributed by atoms with Gasteiger partial charge in [0.05, 0.1) is 10.5 Å². The number of nitrogens with two attached hydrogens (primary N) is 1. The summed E-state index contributed by atoms with van der Waals surface area (Å²) in [7, 11) is 0. The Morgan fingerprint density at radius 3 is 2.57 bits per heavy atom. The zero-order valence-electron chi connectivity index (χ0n) is 11.5. The minimum absolute atomic E-state index is 0.0265. The van der Waals surface area contributed by atoms with Gasteiger partial charge in [-0.05, 0) is 12.5 Å². The van der Waals surface area contributed by atoms with Crippen molar-refractivity contribution in [1.82, 2.24) is 14.9 Å². The maximum absolute atomic E-state index is 12.3. The summed E-state index contributed by atoms with van der Waals surface area (Å²) in [6.45, 7) is 0.230. The van der Waals surface area contributed by atoms with Crippen molar-refractivity contribution in [3.8, 4) is 0 Å². The molecule has 7 nitrogen and oxygen atoms in total. The van der Waals surface area contributed by atoms with Crippen LogP contribution in [0.1, 0.15) is 18.4 Å². The lowest BCUT2D eigenvalue weighted by molar-refractivity contribution is -0.137. The first-order valence-corrected chi connectivity index (χ1v) is 8.23. The summed E-state index contributed by atoms with van der Waals surface area (Å²) in [5.41, 5.74) is 5.70. The first-order chi connectivity index (χ1) is 10.8. The fourth-order valence-electron chi connectivity index (χ4n) is 1.76. The maximum Gasteiger partial charge on any atom is 0.303 e. The quantitative estimate of drug-likeness (QED) is 0.446. The van der Waals surface area contributed by atoms with Gasteiger partial charge in [-0.25, -0.2) is 9.97 Å². The number of anilines is 1. The summed E-state index contributed by atoms with van der Waals surface area (Å²) in [4.78, 5) is 32.1. The highest BCUT2D eigenvalue weighted by Crippen LogP contribution is 2.35. The molecule has 11 heteroatoms. The standard InChI is InChI=1S/C12H10Cl2N4O3S2/c13-8-5(9(14)17-11(15)16-8)4-6-10(21)18(12(22)23-6)3-1-2-7(19)20/h4H,1-3H2,(H,19,20)(H2,15,16,17)/b6-4-. The molecule has 1 aromatic rings. The molecule has 0 aromatic carbocycles.